The van der Waals surface area contributed by atoms with Gasteiger partial charge in [-0.15, -0.1) is 11.9 Å². The fourth-order valence-electron chi connectivity index (χ4n) is 2.54. The van der Waals surface area contributed by atoms with Crippen molar-refractivity contribution in [2.75, 3.05) is 0 Å². The first-order valence-corrected chi connectivity index (χ1v) is 9.76. The summed E-state index contributed by atoms with van der Waals surface area (Å²) in [5.74, 6) is 1.90. The Morgan fingerprint density at radius 3 is 2.27 bits per heavy atom. The van der Waals surface area contributed by atoms with Crippen LogP contribution in [0.15, 0.2) is 51.7 Å². The topological polar surface area (TPSA) is 78.0 Å². The zero-order valence-corrected chi connectivity index (χ0v) is 16.6. The van der Waals surface area contributed by atoms with E-state index in [1.165, 1.54) is 0 Å². The second-order valence-electron chi connectivity index (χ2n) is 6.31. The third-order valence-electron chi connectivity index (χ3n) is 4.01. The van der Waals surface area contributed by atoms with Crippen molar-refractivity contribution in [3.63, 3.8) is 0 Å². The van der Waals surface area contributed by atoms with Gasteiger partial charge in [0.25, 0.3) is 0 Å². The molecule has 0 aliphatic carbocycles. The Kier molecular flexibility index (Phi) is 6.79. The van der Waals surface area contributed by atoms with Crippen LogP contribution in [0.25, 0.3) is 11.3 Å². The molecule has 12 heteroatoms. The molecule has 1 heterocycles. The number of benzene rings is 1. The van der Waals surface area contributed by atoms with E-state index in [0.29, 0.717) is 5.56 Å². The number of rotatable bonds is 5. The SMILES string of the molecule is [B]/C(Cn1nc(C(F)(F)F)cc1-c1ccc(C)cc1)=C([B])/C(=C(/[B])C#C)S(N)(=O)=O. The van der Waals surface area contributed by atoms with E-state index in [9.17, 15) is 21.6 Å². The van der Waals surface area contributed by atoms with Crippen molar-refractivity contribution < 1.29 is 21.6 Å². The van der Waals surface area contributed by atoms with Gasteiger partial charge in [0.2, 0.25) is 10.0 Å². The molecule has 0 aliphatic rings. The van der Waals surface area contributed by atoms with Gasteiger partial charge >= 0.3 is 6.18 Å². The normalized spacial score (nSPS) is 14.0. The number of allylic oxidation sites excluding steroid dienone is 3. The maximum Gasteiger partial charge on any atom is 0.435 e. The lowest BCUT2D eigenvalue weighted by molar-refractivity contribution is -0.141. The number of aryl methyl sites for hydroxylation is 1. The van der Waals surface area contributed by atoms with Crippen molar-refractivity contribution in [2.45, 2.75) is 19.6 Å². The van der Waals surface area contributed by atoms with E-state index in [1.807, 2.05) is 12.8 Å². The molecule has 2 N–H and O–H groups in total. The van der Waals surface area contributed by atoms with Crippen molar-refractivity contribution in [3.8, 4) is 23.6 Å². The molecule has 0 spiro atoms. The van der Waals surface area contributed by atoms with Crippen LogP contribution in [0.5, 0.6) is 0 Å². The quantitative estimate of drug-likeness (QED) is 0.451. The van der Waals surface area contributed by atoms with Gasteiger partial charge in [-0.3, -0.25) is 4.68 Å². The maximum absolute atomic E-state index is 13.2. The highest BCUT2D eigenvalue weighted by Gasteiger charge is 2.35. The van der Waals surface area contributed by atoms with E-state index in [4.69, 9.17) is 35.1 Å². The average Bonchev–Trinajstić information content (AvgIpc) is 3.05. The lowest BCUT2D eigenvalue weighted by Crippen LogP contribution is -2.20. The third-order valence-corrected chi connectivity index (χ3v) is 5.02. The van der Waals surface area contributed by atoms with Crippen LogP contribution in [0.2, 0.25) is 0 Å². The Morgan fingerprint density at radius 2 is 1.80 bits per heavy atom. The Balaban J connectivity index is 2.64. The first kappa shape index (κ1) is 23.6. The summed E-state index contributed by atoms with van der Waals surface area (Å²) >= 11 is 0. The molecule has 2 rings (SSSR count). The molecule has 2 aromatic rings. The second-order valence-corrected chi connectivity index (χ2v) is 7.81. The van der Waals surface area contributed by atoms with Crippen LogP contribution in [0.3, 0.4) is 0 Å². The van der Waals surface area contributed by atoms with Gasteiger partial charge < -0.3 is 0 Å². The molecule has 0 saturated carbocycles. The molecule has 0 amide bonds. The third kappa shape index (κ3) is 5.29. The Bertz CT molecular complexity index is 1180. The highest BCUT2D eigenvalue weighted by molar-refractivity contribution is 7.93. The summed E-state index contributed by atoms with van der Waals surface area (Å²) in [6.07, 6.45) is 0.395. The zero-order chi connectivity index (χ0) is 22.9. The van der Waals surface area contributed by atoms with E-state index in [1.54, 1.807) is 24.3 Å². The molecule has 6 radical (unpaired) electrons. The summed E-state index contributed by atoms with van der Waals surface area (Å²) < 4.78 is 64.1. The number of aromatic nitrogens is 2. The molecule has 1 aromatic carbocycles. The number of nitrogens with two attached hydrogens (primary N) is 1. The summed E-state index contributed by atoms with van der Waals surface area (Å²) in [5.41, 5.74) is -1.25. The number of sulfonamides is 1. The van der Waals surface area contributed by atoms with Gasteiger partial charge in [0.05, 0.1) is 17.1 Å². The summed E-state index contributed by atoms with van der Waals surface area (Å²) in [7, 11) is 12.7. The second kappa shape index (κ2) is 8.62. The molecule has 0 bridgehead atoms. The van der Waals surface area contributed by atoms with Gasteiger partial charge in [0.15, 0.2) is 5.69 Å². The summed E-state index contributed by atoms with van der Waals surface area (Å²) in [6.45, 7) is 1.34. The minimum atomic E-state index is -4.71. The number of halogens is 3. The highest BCUT2D eigenvalue weighted by Crippen LogP contribution is 2.32. The smallest absolute Gasteiger partial charge is 0.261 e. The number of nitrogens with zero attached hydrogens (tertiary/aromatic N) is 2. The van der Waals surface area contributed by atoms with Crippen LogP contribution in [0.4, 0.5) is 13.2 Å². The van der Waals surface area contributed by atoms with Crippen LogP contribution in [0, 0.1) is 19.3 Å². The van der Waals surface area contributed by atoms with Crippen LogP contribution in [-0.2, 0) is 22.7 Å². The number of primary sulfonamides is 1. The number of hydrogen-bond acceptors (Lipinski definition) is 3. The predicted molar refractivity (Wildman–Crippen MR) is 111 cm³/mol. The summed E-state index contributed by atoms with van der Waals surface area (Å²) in [5, 5.41) is 8.63. The van der Waals surface area contributed by atoms with E-state index < -0.39 is 44.3 Å². The van der Waals surface area contributed by atoms with E-state index in [0.717, 1.165) is 16.3 Å². The lowest BCUT2D eigenvalue weighted by Gasteiger charge is -2.15. The number of terminal acetylenes is 1. The molecule has 148 valence electrons. The van der Waals surface area contributed by atoms with Gasteiger partial charge in [-0.25, -0.2) is 13.6 Å². The van der Waals surface area contributed by atoms with Gasteiger partial charge in [-0.2, -0.15) is 18.3 Å². The molecule has 0 unspecified atom stereocenters. The van der Waals surface area contributed by atoms with Crippen molar-refractivity contribution in [2.24, 2.45) is 5.14 Å². The molecule has 0 atom stereocenters. The number of hydrogen-bond donors (Lipinski definition) is 1. The fraction of sp³-hybridized carbons (Fsp3) is 0.167. The molecule has 0 fully saturated rings. The molecule has 0 saturated heterocycles. The maximum atomic E-state index is 13.2. The number of alkyl halides is 3. The molecule has 30 heavy (non-hydrogen) atoms. The van der Waals surface area contributed by atoms with Crippen LogP contribution in [0.1, 0.15) is 11.3 Å². The monoisotopic (exact) mass is 425 g/mol. The Morgan fingerprint density at radius 1 is 1.23 bits per heavy atom. The minimum Gasteiger partial charge on any atom is -0.261 e. The molecule has 0 aliphatic heterocycles. The Hall–Kier alpha value is -2.64. The van der Waals surface area contributed by atoms with E-state index >= 15 is 0 Å². The lowest BCUT2D eigenvalue weighted by atomic mass is 9.77. The zero-order valence-electron chi connectivity index (χ0n) is 15.7. The van der Waals surface area contributed by atoms with Gasteiger partial charge in [0, 0.05) is 0 Å². The molecule has 1 aromatic heterocycles. The largest absolute Gasteiger partial charge is 0.435 e. The van der Waals surface area contributed by atoms with Gasteiger partial charge in [-0.05, 0) is 24.0 Å². The van der Waals surface area contributed by atoms with Crippen molar-refractivity contribution in [1.82, 2.24) is 9.78 Å². The van der Waals surface area contributed by atoms with E-state index in [-0.39, 0.29) is 11.2 Å². The fourth-order valence-corrected chi connectivity index (χ4v) is 3.35. The average molecular weight is 425 g/mol. The first-order chi connectivity index (χ1) is 13.8. The summed E-state index contributed by atoms with van der Waals surface area (Å²) in [6, 6.07) is 7.49. The molecule has 5 nitrogen and oxygen atoms in total. The van der Waals surface area contributed by atoms with Crippen LogP contribution >= 0.6 is 0 Å². The van der Waals surface area contributed by atoms with Crippen LogP contribution in [-0.4, -0.2) is 41.7 Å². The first-order valence-electron chi connectivity index (χ1n) is 8.21. The van der Waals surface area contributed by atoms with Crippen molar-refractivity contribution in [1.29, 1.82) is 0 Å². The standard InChI is InChI=1S/C18H13B3F3N3O2S/c1-3-12(19)17(30(25,28)29)16(21)13(20)9-27-14(8-15(26-27)18(22,23)24)11-6-4-10(2)5-7-11/h1,4-8H,9H2,2H3,(H2,25,28,29)/b16-13-,17-12-. The van der Waals surface area contributed by atoms with Gasteiger partial charge in [0.1, 0.15) is 23.5 Å². The molecular weight excluding hydrogens is 412 g/mol. The van der Waals surface area contributed by atoms with Crippen LogP contribution < -0.4 is 5.14 Å². The Labute approximate surface area is 176 Å². The highest BCUT2D eigenvalue weighted by atomic mass is 32.2. The minimum absolute atomic E-state index is 0.0872. The summed E-state index contributed by atoms with van der Waals surface area (Å²) in [4.78, 5) is -0.789. The van der Waals surface area contributed by atoms with E-state index in [2.05, 4.69) is 5.10 Å². The van der Waals surface area contributed by atoms with Crippen molar-refractivity contribution >= 4 is 33.6 Å². The van der Waals surface area contributed by atoms with Crippen molar-refractivity contribution in [3.05, 3.63) is 62.9 Å². The van der Waals surface area contributed by atoms with Gasteiger partial charge in [-0.1, -0.05) is 41.2 Å². The molecular formula is C18H13B3F3N3O2S. The predicted octanol–water partition coefficient (Wildman–Crippen LogP) is 1.73.